The quantitative estimate of drug-likeness (QED) is 0.677. The fraction of sp³-hybridized carbons (Fsp3) is 0.111. The number of rotatable bonds is 2. The number of carbonyl (C=O) groups is 1. The molecule has 3 N–H and O–H groups in total. The van der Waals surface area contributed by atoms with Crippen LogP contribution in [0.2, 0.25) is 0 Å². The molecular formula is C9H8N2O3. The molecule has 1 aromatic carbocycles. The van der Waals surface area contributed by atoms with Crippen LogP contribution in [-0.4, -0.2) is 18.2 Å². The van der Waals surface area contributed by atoms with Crippen LogP contribution in [0.3, 0.4) is 0 Å². The number of methoxy groups -OCH3 is 1. The van der Waals surface area contributed by atoms with Gasteiger partial charge in [0.05, 0.1) is 23.9 Å². The summed E-state index contributed by atoms with van der Waals surface area (Å²) >= 11 is 0. The summed E-state index contributed by atoms with van der Waals surface area (Å²) in [4.78, 5) is 10.7. The highest BCUT2D eigenvalue weighted by Crippen LogP contribution is 2.24. The summed E-state index contributed by atoms with van der Waals surface area (Å²) in [7, 11) is 1.39. The predicted octanol–water partition coefficient (Wildman–Crippen LogP) is 0.847. The van der Waals surface area contributed by atoms with E-state index in [1.807, 2.05) is 0 Å². The average molecular weight is 192 g/mol. The van der Waals surface area contributed by atoms with Gasteiger partial charge in [-0.05, 0) is 6.07 Å². The van der Waals surface area contributed by atoms with Crippen LogP contribution in [0.5, 0.6) is 5.75 Å². The van der Waals surface area contributed by atoms with Gasteiger partial charge in [0.25, 0.3) is 0 Å². The monoisotopic (exact) mass is 192 g/mol. The van der Waals surface area contributed by atoms with Crippen molar-refractivity contribution in [3.63, 3.8) is 0 Å². The topological polar surface area (TPSA) is 96.3 Å². The second kappa shape index (κ2) is 3.66. The average Bonchev–Trinajstić information content (AvgIpc) is 2.17. The van der Waals surface area contributed by atoms with Crippen molar-refractivity contribution in [3.8, 4) is 11.8 Å². The minimum Gasteiger partial charge on any atom is -0.497 e. The van der Waals surface area contributed by atoms with Crippen LogP contribution in [-0.2, 0) is 0 Å². The van der Waals surface area contributed by atoms with Crippen LogP contribution >= 0.6 is 0 Å². The van der Waals surface area contributed by atoms with Gasteiger partial charge in [0.2, 0.25) is 0 Å². The molecular weight excluding hydrogens is 184 g/mol. The summed E-state index contributed by atoms with van der Waals surface area (Å²) in [6, 6.07) is 4.46. The zero-order chi connectivity index (χ0) is 10.7. The van der Waals surface area contributed by atoms with Crippen LogP contribution in [0, 0.1) is 11.3 Å². The number of aromatic carboxylic acids is 1. The third-order valence-electron chi connectivity index (χ3n) is 1.74. The molecule has 0 fully saturated rings. The minimum atomic E-state index is -1.18. The number of carboxylic acid groups (broad SMARTS) is 1. The molecule has 0 bridgehead atoms. The normalized spacial score (nSPS) is 9.14. The molecule has 1 rings (SSSR count). The summed E-state index contributed by atoms with van der Waals surface area (Å²) in [5.74, 6) is -0.883. The molecule has 0 amide bonds. The minimum absolute atomic E-state index is 0.0409. The van der Waals surface area contributed by atoms with Gasteiger partial charge in [0, 0.05) is 6.07 Å². The Balaban J connectivity index is 3.44. The first-order chi connectivity index (χ1) is 6.60. The van der Waals surface area contributed by atoms with Crippen molar-refractivity contribution in [3.05, 3.63) is 23.3 Å². The number of nitrogens with two attached hydrogens (primary N) is 1. The maximum atomic E-state index is 10.7. The molecule has 0 saturated carbocycles. The smallest absolute Gasteiger partial charge is 0.337 e. The number of anilines is 1. The first kappa shape index (κ1) is 9.86. The lowest BCUT2D eigenvalue weighted by Gasteiger charge is -2.06. The Kier molecular flexibility index (Phi) is 2.58. The van der Waals surface area contributed by atoms with Crippen molar-refractivity contribution < 1.29 is 14.6 Å². The fourth-order valence-corrected chi connectivity index (χ4v) is 1.01. The molecule has 0 aliphatic heterocycles. The van der Waals surface area contributed by atoms with E-state index in [-0.39, 0.29) is 16.8 Å². The maximum Gasteiger partial charge on any atom is 0.337 e. The molecule has 0 radical (unpaired) electrons. The van der Waals surface area contributed by atoms with Crippen LogP contribution in [0.1, 0.15) is 15.9 Å². The molecule has 5 heteroatoms. The molecule has 0 atom stereocenters. The van der Waals surface area contributed by atoms with Gasteiger partial charge in [-0.25, -0.2) is 4.79 Å². The summed E-state index contributed by atoms with van der Waals surface area (Å²) in [5.41, 5.74) is 5.39. The Morgan fingerprint density at radius 3 is 2.71 bits per heavy atom. The van der Waals surface area contributed by atoms with Gasteiger partial charge < -0.3 is 15.6 Å². The Bertz CT molecular complexity index is 421. The van der Waals surface area contributed by atoms with Crippen molar-refractivity contribution >= 4 is 11.7 Å². The summed E-state index contributed by atoms with van der Waals surface area (Å²) in [6.07, 6.45) is 0. The first-order valence-corrected chi connectivity index (χ1v) is 3.71. The second-order valence-electron chi connectivity index (χ2n) is 2.55. The summed E-state index contributed by atoms with van der Waals surface area (Å²) in [5, 5.41) is 17.4. The van der Waals surface area contributed by atoms with E-state index in [2.05, 4.69) is 0 Å². The SMILES string of the molecule is COc1cc(C#N)c(N)c(C(=O)O)c1. The van der Waals surface area contributed by atoms with E-state index < -0.39 is 5.97 Å². The van der Waals surface area contributed by atoms with Crippen molar-refractivity contribution in [2.75, 3.05) is 12.8 Å². The molecule has 5 nitrogen and oxygen atoms in total. The standard InChI is InChI=1S/C9H8N2O3/c1-14-6-2-5(4-10)8(11)7(3-6)9(12)13/h2-3H,11H2,1H3,(H,12,13). The van der Waals surface area contributed by atoms with Crippen molar-refractivity contribution in [1.29, 1.82) is 5.26 Å². The molecule has 14 heavy (non-hydrogen) atoms. The number of nitrogens with zero attached hydrogens (tertiary/aromatic N) is 1. The number of ether oxygens (including phenoxy) is 1. The van der Waals surface area contributed by atoms with Gasteiger partial charge in [-0.3, -0.25) is 0 Å². The van der Waals surface area contributed by atoms with Gasteiger partial charge >= 0.3 is 5.97 Å². The number of benzene rings is 1. The Hall–Kier alpha value is -2.22. The number of nitrogen functional groups attached to an aromatic ring is 1. The van der Waals surface area contributed by atoms with E-state index in [0.717, 1.165) is 0 Å². The van der Waals surface area contributed by atoms with Crippen LogP contribution in [0.4, 0.5) is 5.69 Å². The van der Waals surface area contributed by atoms with E-state index in [0.29, 0.717) is 5.75 Å². The third-order valence-corrected chi connectivity index (χ3v) is 1.74. The van der Waals surface area contributed by atoms with Crippen LogP contribution in [0.25, 0.3) is 0 Å². The lowest BCUT2D eigenvalue weighted by Crippen LogP contribution is -2.05. The molecule has 0 unspecified atom stereocenters. The zero-order valence-electron chi connectivity index (χ0n) is 7.44. The molecule has 0 heterocycles. The third kappa shape index (κ3) is 1.59. The number of nitriles is 1. The van der Waals surface area contributed by atoms with E-state index in [9.17, 15) is 4.79 Å². The number of hydrogen-bond donors (Lipinski definition) is 2. The molecule has 0 spiro atoms. The van der Waals surface area contributed by atoms with Gasteiger partial charge in [-0.2, -0.15) is 5.26 Å². The highest BCUT2D eigenvalue weighted by molar-refractivity contribution is 5.95. The molecule has 0 aromatic heterocycles. The van der Waals surface area contributed by atoms with E-state index in [1.54, 1.807) is 6.07 Å². The van der Waals surface area contributed by atoms with Gasteiger partial charge in [0.15, 0.2) is 0 Å². The van der Waals surface area contributed by atoms with E-state index >= 15 is 0 Å². The predicted molar refractivity (Wildman–Crippen MR) is 49.1 cm³/mol. The Labute approximate surface area is 80.3 Å². The molecule has 72 valence electrons. The van der Waals surface area contributed by atoms with E-state index in [4.69, 9.17) is 20.8 Å². The molecule has 0 aliphatic rings. The zero-order valence-corrected chi connectivity index (χ0v) is 7.44. The Morgan fingerprint density at radius 2 is 2.29 bits per heavy atom. The van der Waals surface area contributed by atoms with Gasteiger partial charge in [0.1, 0.15) is 11.8 Å². The van der Waals surface area contributed by atoms with Crippen molar-refractivity contribution in [1.82, 2.24) is 0 Å². The lowest BCUT2D eigenvalue weighted by molar-refractivity contribution is 0.0697. The summed E-state index contributed by atoms with van der Waals surface area (Å²) < 4.78 is 4.83. The van der Waals surface area contributed by atoms with Gasteiger partial charge in [-0.15, -0.1) is 0 Å². The van der Waals surface area contributed by atoms with Gasteiger partial charge in [-0.1, -0.05) is 0 Å². The van der Waals surface area contributed by atoms with Crippen molar-refractivity contribution in [2.45, 2.75) is 0 Å². The molecule has 0 aliphatic carbocycles. The van der Waals surface area contributed by atoms with E-state index in [1.165, 1.54) is 19.2 Å². The molecule has 0 saturated heterocycles. The molecule has 1 aromatic rings. The number of carboxylic acids is 1. The highest BCUT2D eigenvalue weighted by Gasteiger charge is 2.13. The first-order valence-electron chi connectivity index (χ1n) is 3.71. The Morgan fingerprint density at radius 1 is 1.64 bits per heavy atom. The van der Waals surface area contributed by atoms with Crippen LogP contribution in [0.15, 0.2) is 12.1 Å². The summed E-state index contributed by atoms with van der Waals surface area (Å²) in [6.45, 7) is 0. The largest absolute Gasteiger partial charge is 0.497 e. The lowest BCUT2D eigenvalue weighted by atomic mass is 10.1. The number of hydrogen-bond acceptors (Lipinski definition) is 4. The highest BCUT2D eigenvalue weighted by atomic mass is 16.5. The van der Waals surface area contributed by atoms with Crippen LogP contribution < -0.4 is 10.5 Å². The van der Waals surface area contributed by atoms with Crippen molar-refractivity contribution in [2.24, 2.45) is 0 Å². The fourth-order valence-electron chi connectivity index (χ4n) is 1.01. The maximum absolute atomic E-state index is 10.7. The second-order valence-corrected chi connectivity index (χ2v) is 2.55.